The van der Waals surface area contributed by atoms with E-state index in [9.17, 15) is 4.79 Å². The molecule has 0 aliphatic carbocycles. The van der Waals surface area contributed by atoms with Crippen LogP contribution < -0.4 is 11.3 Å². The molecule has 3 N–H and O–H groups in total. The third-order valence-electron chi connectivity index (χ3n) is 2.03. The molecular weight excluding hydrogens is 208 g/mol. The van der Waals surface area contributed by atoms with E-state index >= 15 is 0 Å². The molecule has 0 rings (SSSR count). The molecule has 96 valence electrons. The van der Waals surface area contributed by atoms with Crippen molar-refractivity contribution in [1.29, 1.82) is 0 Å². The first-order valence-corrected chi connectivity index (χ1v) is 5.85. The van der Waals surface area contributed by atoms with E-state index in [1.54, 1.807) is 0 Å². The molecule has 1 amide bonds. The highest BCUT2D eigenvalue weighted by Crippen LogP contribution is 1.99. The van der Waals surface area contributed by atoms with Crippen molar-refractivity contribution >= 4 is 5.91 Å². The summed E-state index contributed by atoms with van der Waals surface area (Å²) in [5, 5.41) is 0. The van der Waals surface area contributed by atoms with Crippen LogP contribution >= 0.6 is 0 Å². The van der Waals surface area contributed by atoms with Crippen molar-refractivity contribution in [2.75, 3.05) is 19.8 Å². The second-order valence-electron chi connectivity index (χ2n) is 3.91. The molecule has 0 bridgehead atoms. The summed E-state index contributed by atoms with van der Waals surface area (Å²) in [5.41, 5.74) is 2.11. The standard InChI is InChI=1S/C11H24N2O3/c1-10(2)16-9-8-15-7-5-3-4-6-11(14)13-12/h10H,3-9,12H2,1-2H3,(H,13,14). The van der Waals surface area contributed by atoms with E-state index in [4.69, 9.17) is 15.3 Å². The predicted octanol–water partition coefficient (Wildman–Crippen LogP) is 0.978. The average Bonchev–Trinajstić information content (AvgIpc) is 2.26. The van der Waals surface area contributed by atoms with Gasteiger partial charge >= 0.3 is 0 Å². The first kappa shape index (κ1) is 15.3. The molecule has 0 aliphatic heterocycles. The minimum Gasteiger partial charge on any atom is -0.379 e. The molecular formula is C11H24N2O3. The highest BCUT2D eigenvalue weighted by Gasteiger charge is 1.97. The van der Waals surface area contributed by atoms with Gasteiger partial charge in [0.2, 0.25) is 5.91 Å². The van der Waals surface area contributed by atoms with Gasteiger partial charge in [-0.15, -0.1) is 0 Å². The molecule has 0 fully saturated rings. The number of rotatable bonds is 10. The fraction of sp³-hybridized carbons (Fsp3) is 0.909. The quantitative estimate of drug-likeness (QED) is 0.255. The van der Waals surface area contributed by atoms with Crippen LogP contribution in [0, 0.1) is 0 Å². The van der Waals surface area contributed by atoms with Crippen molar-refractivity contribution in [1.82, 2.24) is 5.43 Å². The Morgan fingerprint density at radius 1 is 1.19 bits per heavy atom. The Labute approximate surface area is 97.6 Å². The maximum absolute atomic E-state index is 10.8. The molecule has 0 radical (unpaired) electrons. The zero-order valence-electron chi connectivity index (χ0n) is 10.3. The number of hydrogen-bond donors (Lipinski definition) is 2. The van der Waals surface area contributed by atoms with Gasteiger partial charge in [-0.2, -0.15) is 0 Å². The summed E-state index contributed by atoms with van der Waals surface area (Å²) in [5.74, 6) is 4.85. The monoisotopic (exact) mass is 232 g/mol. The average molecular weight is 232 g/mol. The van der Waals surface area contributed by atoms with Gasteiger partial charge in [-0.1, -0.05) is 6.42 Å². The normalized spacial score (nSPS) is 10.8. The summed E-state index contributed by atoms with van der Waals surface area (Å²) in [4.78, 5) is 10.8. The minimum atomic E-state index is -0.105. The summed E-state index contributed by atoms with van der Waals surface area (Å²) >= 11 is 0. The van der Waals surface area contributed by atoms with Gasteiger partial charge in [-0.25, -0.2) is 5.84 Å². The van der Waals surface area contributed by atoms with Crippen LogP contribution in [0.3, 0.4) is 0 Å². The lowest BCUT2D eigenvalue weighted by molar-refractivity contribution is -0.121. The van der Waals surface area contributed by atoms with E-state index < -0.39 is 0 Å². The molecule has 0 saturated heterocycles. The van der Waals surface area contributed by atoms with Crippen LogP contribution in [0.25, 0.3) is 0 Å². The number of amides is 1. The highest BCUT2D eigenvalue weighted by atomic mass is 16.5. The maximum Gasteiger partial charge on any atom is 0.233 e. The Bertz CT molecular complexity index is 175. The topological polar surface area (TPSA) is 73.6 Å². The highest BCUT2D eigenvalue weighted by molar-refractivity contribution is 5.74. The molecule has 0 aromatic heterocycles. The molecule has 0 atom stereocenters. The van der Waals surface area contributed by atoms with Crippen LogP contribution in [0.4, 0.5) is 0 Å². The Balaban J connectivity index is 3.01. The van der Waals surface area contributed by atoms with Gasteiger partial charge in [-0.3, -0.25) is 10.2 Å². The van der Waals surface area contributed by atoms with Crippen LogP contribution in [-0.2, 0) is 14.3 Å². The lowest BCUT2D eigenvalue weighted by Crippen LogP contribution is -2.29. The third-order valence-corrected chi connectivity index (χ3v) is 2.03. The minimum absolute atomic E-state index is 0.105. The number of ether oxygens (including phenoxy) is 2. The predicted molar refractivity (Wildman–Crippen MR) is 62.7 cm³/mol. The smallest absolute Gasteiger partial charge is 0.233 e. The zero-order valence-corrected chi connectivity index (χ0v) is 10.3. The first-order valence-electron chi connectivity index (χ1n) is 5.85. The van der Waals surface area contributed by atoms with Crippen molar-refractivity contribution in [3.8, 4) is 0 Å². The second kappa shape index (κ2) is 10.9. The Morgan fingerprint density at radius 3 is 2.56 bits per heavy atom. The molecule has 0 saturated carbocycles. The number of hydrazine groups is 1. The lowest BCUT2D eigenvalue weighted by Gasteiger charge is -2.07. The largest absolute Gasteiger partial charge is 0.379 e. The van der Waals surface area contributed by atoms with Crippen molar-refractivity contribution in [2.24, 2.45) is 5.84 Å². The Morgan fingerprint density at radius 2 is 1.94 bits per heavy atom. The van der Waals surface area contributed by atoms with Crippen LogP contribution in [0.2, 0.25) is 0 Å². The second-order valence-corrected chi connectivity index (χ2v) is 3.91. The molecule has 5 nitrogen and oxygen atoms in total. The lowest BCUT2D eigenvalue weighted by atomic mass is 10.2. The van der Waals surface area contributed by atoms with Gasteiger partial charge in [0.25, 0.3) is 0 Å². The van der Waals surface area contributed by atoms with Gasteiger partial charge in [0.1, 0.15) is 0 Å². The number of nitrogens with two attached hydrogens (primary N) is 1. The number of carbonyl (C=O) groups is 1. The fourth-order valence-electron chi connectivity index (χ4n) is 1.18. The molecule has 5 heteroatoms. The molecule has 0 heterocycles. The number of carbonyl (C=O) groups excluding carboxylic acids is 1. The van der Waals surface area contributed by atoms with E-state index in [0.29, 0.717) is 19.6 Å². The molecule has 0 unspecified atom stereocenters. The summed E-state index contributed by atoms with van der Waals surface area (Å²) < 4.78 is 10.7. The maximum atomic E-state index is 10.8. The Kier molecular flexibility index (Phi) is 10.4. The van der Waals surface area contributed by atoms with Crippen LogP contribution in [0.15, 0.2) is 0 Å². The summed E-state index contributed by atoms with van der Waals surface area (Å²) in [7, 11) is 0. The van der Waals surface area contributed by atoms with E-state index in [0.717, 1.165) is 25.9 Å². The molecule has 0 aliphatic rings. The van der Waals surface area contributed by atoms with Gasteiger partial charge in [0.15, 0.2) is 0 Å². The van der Waals surface area contributed by atoms with E-state index in [2.05, 4.69) is 5.43 Å². The van der Waals surface area contributed by atoms with Crippen molar-refractivity contribution in [3.05, 3.63) is 0 Å². The van der Waals surface area contributed by atoms with E-state index in [1.807, 2.05) is 13.8 Å². The fourth-order valence-corrected chi connectivity index (χ4v) is 1.18. The van der Waals surface area contributed by atoms with Crippen LogP contribution in [0.1, 0.15) is 39.5 Å². The summed E-state index contributed by atoms with van der Waals surface area (Å²) in [6.45, 7) is 6.02. The van der Waals surface area contributed by atoms with Gasteiger partial charge in [-0.05, 0) is 26.7 Å². The van der Waals surface area contributed by atoms with E-state index in [-0.39, 0.29) is 12.0 Å². The van der Waals surface area contributed by atoms with Crippen molar-refractivity contribution in [3.63, 3.8) is 0 Å². The van der Waals surface area contributed by atoms with Gasteiger partial charge in [0.05, 0.1) is 19.3 Å². The zero-order chi connectivity index (χ0) is 12.2. The van der Waals surface area contributed by atoms with Crippen LogP contribution in [0.5, 0.6) is 0 Å². The van der Waals surface area contributed by atoms with Crippen LogP contribution in [-0.4, -0.2) is 31.8 Å². The Hall–Kier alpha value is -0.650. The number of unbranched alkanes of at least 4 members (excludes halogenated alkanes) is 2. The molecule has 16 heavy (non-hydrogen) atoms. The third kappa shape index (κ3) is 11.4. The number of nitrogens with one attached hydrogen (secondary N) is 1. The summed E-state index contributed by atoms with van der Waals surface area (Å²) in [6.07, 6.45) is 3.57. The molecule has 0 aromatic carbocycles. The molecule has 0 spiro atoms. The van der Waals surface area contributed by atoms with Crippen molar-refractivity contribution < 1.29 is 14.3 Å². The first-order chi connectivity index (χ1) is 7.66. The van der Waals surface area contributed by atoms with Gasteiger partial charge < -0.3 is 9.47 Å². The van der Waals surface area contributed by atoms with Gasteiger partial charge in [0, 0.05) is 13.0 Å². The van der Waals surface area contributed by atoms with E-state index in [1.165, 1.54) is 0 Å². The molecule has 0 aromatic rings. The van der Waals surface area contributed by atoms with Crippen molar-refractivity contribution in [2.45, 2.75) is 45.6 Å². The number of hydrogen-bond acceptors (Lipinski definition) is 4. The summed E-state index contributed by atoms with van der Waals surface area (Å²) in [6, 6.07) is 0. The SMILES string of the molecule is CC(C)OCCOCCCCCC(=O)NN.